The highest BCUT2D eigenvalue weighted by atomic mass is 32.2. The van der Waals surface area contributed by atoms with Gasteiger partial charge in [-0.2, -0.15) is 26.3 Å². The third-order valence-corrected chi connectivity index (χ3v) is 8.53. The molecule has 236 valence electrons. The number of thiophene rings is 1. The van der Waals surface area contributed by atoms with Crippen LogP contribution in [-0.2, 0) is 26.7 Å². The standard InChI is InChI=1S/C28H19F6N3O5S3/c29-27(30,31)16-7-14(8-17(10-16)28(32,33)34)15-9-19(44-12-15)11-21-24(40)37(26(43)45-21)20(5-6-22(35)38)23(39)36-18-3-1-13(2-4-18)25(41)42/h1-4,7-12,20H,5-6H2,(H2,35,38)(H,36,39)(H,41,42)/t20-/m1/s1. The summed E-state index contributed by atoms with van der Waals surface area (Å²) in [6.45, 7) is 0. The van der Waals surface area contributed by atoms with E-state index in [0.29, 0.717) is 17.0 Å². The van der Waals surface area contributed by atoms with Gasteiger partial charge in [0.25, 0.3) is 5.91 Å². The summed E-state index contributed by atoms with van der Waals surface area (Å²) in [5, 5.41) is 12.9. The summed E-state index contributed by atoms with van der Waals surface area (Å²) in [6, 6.07) is 6.37. The Morgan fingerprint density at radius 3 is 2.11 bits per heavy atom. The van der Waals surface area contributed by atoms with Crippen molar-refractivity contribution in [2.75, 3.05) is 5.32 Å². The number of carbonyl (C=O) groups is 4. The minimum Gasteiger partial charge on any atom is -0.478 e. The number of anilines is 1. The van der Waals surface area contributed by atoms with Crippen LogP contribution in [0.2, 0.25) is 0 Å². The number of rotatable bonds is 9. The van der Waals surface area contributed by atoms with Crippen LogP contribution in [-0.4, -0.2) is 44.1 Å². The third kappa shape index (κ3) is 8.09. The molecule has 4 N–H and O–H groups in total. The molecule has 0 aliphatic carbocycles. The van der Waals surface area contributed by atoms with E-state index in [4.69, 9.17) is 23.1 Å². The Balaban J connectivity index is 1.61. The highest BCUT2D eigenvalue weighted by Crippen LogP contribution is 2.41. The summed E-state index contributed by atoms with van der Waals surface area (Å²) >= 11 is 7.08. The molecule has 0 unspecified atom stereocenters. The highest BCUT2D eigenvalue weighted by molar-refractivity contribution is 8.26. The number of thioether (sulfide) groups is 1. The number of carboxylic acid groups (broad SMARTS) is 1. The lowest BCUT2D eigenvalue weighted by Crippen LogP contribution is -2.46. The summed E-state index contributed by atoms with van der Waals surface area (Å²) in [5.74, 6) is -3.42. The van der Waals surface area contributed by atoms with Crippen LogP contribution in [0.3, 0.4) is 0 Å². The van der Waals surface area contributed by atoms with E-state index in [1.165, 1.54) is 41.8 Å². The van der Waals surface area contributed by atoms with Crippen molar-refractivity contribution in [3.63, 3.8) is 0 Å². The number of benzene rings is 2. The molecule has 1 saturated heterocycles. The van der Waals surface area contributed by atoms with Crippen LogP contribution < -0.4 is 11.1 Å². The Labute approximate surface area is 263 Å². The van der Waals surface area contributed by atoms with Crippen molar-refractivity contribution >= 4 is 75.1 Å². The fraction of sp³-hybridized carbons (Fsp3) is 0.179. The van der Waals surface area contributed by atoms with E-state index in [1.54, 1.807) is 0 Å². The van der Waals surface area contributed by atoms with Gasteiger partial charge in [-0.05, 0) is 77.5 Å². The molecule has 1 fully saturated rings. The number of aromatic carboxylic acids is 1. The largest absolute Gasteiger partial charge is 0.478 e. The van der Waals surface area contributed by atoms with Gasteiger partial charge in [-0.1, -0.05) is 24.0 Å². The van der Waals surface area contributed by atoms with Crippen LogP contribution in [0.4, 0.5) is 32.0 Å². The number of primary amides is 1. The van der Waals surface area contributed by atoms with Gasteiger partial charge in [0.15, 0.2) is 0 Å². The topological polar surface area (TPSA) is 130 Å². The number of amides is 3. The molecular formula is C28H19F6N3O5S3. The Kier molecular flexibility index (Phi) is 9.74. The summed E-state index contributed by atoms with van der Waals surface area (Å²) in [4.78, 5) is 50.5. The summed E-state index contributed by atoms with van der Waals surface area (Å²) in [7, 11) is 0. The van der Waals surface area contributed by atoms with Gasteiger partial charge in [0.2, 0.25) is 11.8 Å². The van der Waals surface area contributed by atoms with Gasteiger partial charge in [-0.3, -0.25) is 19.3 Å². The molecule has 1 aliphatic heterocycles. The Hall–Kier alpha value is -4.22. The van der Waals surface area contributed by atoms with Crippen molar-refractivity contribution in [3.8, 4) is 11.1 Å². The number of hydrogen-bond donors (Lipinski definition) is 3. The van der Waals surface area contributed by atoms with Gasteiger partial charge in [0.1, 0.15) is 10.4 Å². The lowest BCUT2D eigenvalue weighted by molar-refractivity contribution is -0.143. The number of carboxylic acids is 1. The number of nitrogens with two attached hydrogens (primary N) is 1. The van der Waals surface area contributed by atoms with Crippen molar-refractivity contribution in [1.29, 1.82) is 0 Å². The van der Waals surface area contributed by atoms with Crippen LogP contribution >= 0.6 is 35.3 Å². The first-order chi connectivity index (χ1) is 20.9. The summed E-state index contributed by atoms with van der Waals surface area (Å²) in [5.41, 5.74) is 2.18. The maximum absolute atomic E-state index is 13.4. The minimum absolute atomic E-state index is 0.0103. The van der Waals surface area contributed by atoms with Crippen molar-refractivity contribution in [3.05, 3.63) is 80.4 Å². The lowest BCUT2D eigenvalue weighted by atomic mass is 10.0. The molecule has 0 spiro atoms. The molecule has 0 radical (unpaired) electrons. The molecule has 17 heteroatoms. The average molecular weight is 688 g/mol. The molecule has 0 bridgehead atoms. The zero-order valence-electron chi connectivity index (χ0n) is 22.4. The number of thiocarbonyl (C=S) groups is 1. The normalized spacial score (nSPS) is 15.4. The lowest BCUT2D eigenvalue weighted by Gasteiger charge is -2.25. The zero-order chi connectivity index (χ0) is 33.3. The second kappa shape index (κ2) is 13.0. The van der Waals surface area contributed by atoms with Crippen molar-refractivity contribution in [1.82, 2.24) is 4.90 Å². The van der Waals surface area contributed by atoms with Gasteiger partial charge in [-0.25, -0.2) is 4.79 Å². The molecular weight excluding hydrogens is 669 g/mol. The quantitative estimate of drug-likeness (QED) is 0.131. The van der Waals surface area contributed by atoms with Crippen molar-refractivity contribution < 1.29 is 50.6 Å². The van der Waals surface area contributed by atoms with E-state index in [-0.39, 0.29) is 50.5 Å². The average Bonchev–Trinajstić information content (AvgIpc) is 3.52. The second-order valence-electron chi connectivity index (χ2n) is 9.48. The molecule has 1 aliphatic rings. The fourth-order valence-electron chi connectivity index (χ4n) is 4.16. The van der Waals surface area contributed by atoms with E-state index >= 15 is 0 Å². The molecule has 1 aromatic heterocycles. The first-order valence-electron chi connectivity index (χ1n) is 12.5. The molecule has 1 atom stereocenters. The predicted molar refractivity (Wildman–Crippen MR) is 159 cm³/mol. The van der Waals surface area contributed by atoms with E-state index in [9.17, 15) is 45.5 Å². The maximum atomic E-state index is 13.4. The van der Waals surface area contributed by atoms with Crippen LogP contribution in [0.15, 0.2) is 58.8 Å². The molecule has 3 aromatic rings. The number of nitrogens with zero attached hydrogens (tertiary/aromatic N) is 1. The Morgan fingerprint density at radius 2 is 1.58 bits per heavy atom. The molecule has 45 heavy (non-hydrogen) atoms. The molecule has 8 nitrogen and oxygen atoms in total. The van der Waals surface area contributed by atoms with Gasteiger partial charge in [0, 0.05) is 17.0 Å². The van der Waals surface area contributed by atoms with Gasteiger partial charge in [-0.15, -0.1) is 11.3 Å². The van der Waals surface area contributed by atoms with Crippen molar-refractivity contribution in [2.45, 2.75) is 31.2 Å². The zero-order valence-corrected chi connectivity index (χ0v) is 24.8. The maximum Gasteiger partial charge on any atom is 0.416 e. The molecule has 2 aromatic carbocycles. The van der Waals surface area contributed by atoms with E-state index in [1.807, 2.05) is 0 Å². The van der Waals surface area contributed by atoms with Gasteiger partial charge >= 0.3 is 18.3 Å². The molecule has 3 amide bonds. The summed E-state index contributed by atoms with van der Waals surface area (Å²) in [6.07, 6.45) is -9.23. The SMILES string of the molecule is NC(=O)CC[C@H](C(=O)Nc1ccc(C(=O)O)cc1)N1C(=O)C(=Cc2cc(-c3cc(C(F)(F)F)cc(C(F)(F)F)c3)cs2)SC1=S. The Morgan fingerprint density at radius 1 is 0.978 bits per heavy atom. The number of nitrogens with one attached hydrogen (secondary N) is 1. The first kappa shape index (κ1) is 33.7. The highest BCUT2D eigenvalue weighted by Gasteiger charge is 2.41. The fourth-order valence-corrected chi connectivity index (χ4v) is 6.43. The number of halogens is 6. The number of hydrogen-bond acceptors (Lipinski definition) is 7. The van der Waals surface area contributed by atoms with Crippen LogP contribution in [0.1, 0.15) is 39.2 Å². The molecule has 4 rings (SSSR count). The second-order valence-corrected chi connectivity index (χ2v) is 12.1. The van der Waals surface area contributed by atoms with E-state index in [0.717, 1.165) is 28.0 Å². The van der Waals surface area contributed by atoms with Crippen LogP contribution in [0, 0.1) is 0 Å². The monoisotopic (exact) mass is 687 g/mol. The van der Waals surface area contributed by atoms with Crippen LogP contribution in [0.25, 0.3) is 17.2 Å². The smallest absolute Gasteiger partial charge is 0.416 e. The van der Waals surface area contributed by atoms with Crippen LogP contribution in [0.5, 0.6) is 0 Å². The third-order valence-electron chi connectivity index (χ3n) is 6.32. The van der Waals surface area contributed by atoms with Gasteiger partial charge < -0.3 is 16.2 Å². The first-order valence-corrected chi connectivity index (χ1v) is 14.6. The molecule has 0 saturated carbocycles. The van der Waals surface area contributed by atoms with E-state index < -0.39 is 53.2 Å². The van der Waals surface area contributed by atoms with Crippen molar-refractivity contribution in [2.24, 2.45) is 5.73 Å². The molecule has 2 heterocycles. The summed E-state index contributed by atoms with van der Waals surface area (Å²) < 4.78 is 79.9. The minimum atomic E-state index is -5.03. The predicted octanol–water partition coefficient (Wildman–Crippen LogP) is 6.62. The Bertz CT molecular complexity index is 1690. The van der Waals surface area contributed by atoms with E-state index in [2.05, 4.69) is 5.32 Å². The number of carbonyl (C=O) groups excluding carboxylic acids is 3. The van der Waals surface area contributed by atoms with Gasteiger partial charge in [0.05, 0.1) is 21.6 Å². The number of alkyl halides is 6.